The fourth-order valence-electron chi connectivity index (χ4n) is 4.39. The van der Waals surface area contributed by atoms with Crippen molar-refractivity contribution in [1.29, 1.82) is 0 Å². The van der Waals surface area contributed by atoms with Crippen molar-refractivity contribution < 1.29 is 14.0 Å². The summed E-state index contributed by atoms with van der Waals surface area (Å²) in [5.74, 6) is 0.0326. The van der Waals surface area contributed by atoms with E-state index in [0.717, 1.165) is 63.6 Å². The largest absolute Gasteiger partial charge is 0.354 e. The summed E-state index contributed by atoms with van der Waals surface area (Å²) >= 11 is 0. The van der Waals surface area contributed by atoms with E-state index in [1.807, 2.05) is 0 Å². The number of amides is 2. The molecule has 26 heavy (non-hydrogen) atoms. The van der Waals surface area contributed by atoms with Crippen LogP contribution in [-0.4, -0.2) is 42.9 Å². The third-order valence-electron chi connectivity index (χ3n) is 6.12. The normalized spacial score (nSPS) is 21.4. The van der Waals surface area contributed by atoms with Crippen LogP contribution in [0.2, 0.25) is 0 Å². The van der Waals surface area contributed by atoms with Gasteiger partial charge in [-0.1, -0.05) is 25.0 Å². The van der Waals surface area contributed by atoms with Gasteiger partial charge >= 0.3 is 0 Å². The van der Waals surface area contributed by atoms with Crippen molar-refractivity contribution in [2.75, 3.05) is 19.6 Å². The molecule has 1 heterocycles. The Morgan fingerprint density at radius 3 is 2.46 bits per heavy atom. The van der Waals surface area contributed by atoms with Crippen LogP contribution in [0, 0.1) is 11.7 Å². The molecule has 1 saturated heterocycles. The summed E-state index contributed by atoms with van der Waals surface area (Å²) in [5.41, 5.74) is 6.64. The highest BCUT2D eigenvalue weighted by molar-refractivity contribution is 5.88. The number of rotatable bonds is 6. The highest BCUT2D eigenvalue weighted by Crippen LogP contribution is 2.41. The SMILES string of the molecule is NC(CNC(=O)C1(c2ccc(F)cc2)CCCC1)C1CCN(C=O)CC1. The summed E-state index contributed by atoms with van der Waals surface area (Å²) < 4.78 is 13.3. The van der Waals surface area contributed by atoms with E-state index in [1.165, 1.54) is 12.1 Å². The molecule has 0 radical (unpaired) electrons. The van der Waals surface area contributed by atoms with E-state index < -0.39 is 5.41 Å². The quantitative estimate of drug-likeness (QED) is 0.761. The second-order valence-electron chi connectivity index (χ2n) is 7.65. The van der Waals surface area contributed by atoms with Gasteiger partial charge in [0.15, 0.2) is 0 Å². The highest BCUT2D eigenvalue weighted by atomic mass is 19.1. The van der Waals surface area contributed by atoms with Gasteiger partial charge in [0.2, 0.25) is 12.3 Å². The van der Waals surface area contributed by atoms with Crippen molar-refractivity contribution in [2.24, 2.45) is 11.7 Å². The Labute approximate surface area is 154 Å². The summed E-state index contributed by atoms with van der Waals surface area (Å²) in [7, 11) is 0. The van der Waals surface area contributed by atoms with Gasteiger partial charge in [-0.15, -0.1) is 0 Å². The summed E-state index contributed by atoms with van der Waals surface area (Å²) in [6, 6.07) is 6.20. The fraction of sp³-hybridized carbons (Fsp3) is 0.600. The zero-order chi connectivity index (χ0) is 18.6. The molecule has 5 nitrogen and oxygen atoms in total. The minimum Gasteiger partial charge on any atom is -0.354 e. The van der Waals surface area contributed by atoms with Crippen molar-refractivity contribution in [3.8, 4) is 0 Å². The molecule has 1 unspecified atom stereocenters. The van der Waals surface area contributed by atoms with Crippen molar-refractivity contribution in [2.45, 2.75) is 50.0 Å². The molecule has 0 bridgehead atoms. The number of nitrogens with two attached hydrogens (primary N) is 1. The van der Waals surface area contributed by atoms with Crippen molar-refractivity contribution in [3.63, 3.8) is 0 Å². The number of halogens is 1. The van der Waals surface area contributed by atoms with Crippen LogP contribution in [0.25, 0.3) is 0 Å². The molecule has 3 rings (SSSR count). The van der Waals surface area contributed by atoms with Gasteiger partial charge in [-0.05, 0) is 49.3 Å². The third kappa shape index (κ3) is 3.90. The first-order chi connectivity index (χ1) is 12.5. The van der Waals surface area contributed by atoms with E-state index in [-0.39, 0.29) is 17.8 Å². The first kappa shape index (κ1) is 18.8. The Kier molecular flexibility index (Phi) is 5.91. The smallest absolute Gasteiger partial charge is 0.230 e. The maximum absolute atomic E-state index is 13.3. The molecular weight excluding hydrogens is 333 g/mol. The van der Waals surface area contributed by atoms with E-state index in [4.69, 9.17) is 5.73 Å². The lowest BCUT2D eigenvalue weighted by atomic mass is 9.78. The Balaban J connectivity index is 1.60. The molecule has 1 aromatic carbocycles. The molecule has 1 atom stereocenters. The van der Waals surface area contributed by atoms with Gasteiger partial charge in [0.25, 0.3) is 0 Å². The zero-order valence-electron chi connectivity index (χ0n) is 15.1. The molecule has 0 spiro atoms. The molecular formula is C20H28FN3O2. The van der Waals surface area contributed by atoms with Crippen LogP contribution in [-0.2, 0) is 15.0 Å². The maximum atomic E-state index is 13.3. The third-order valence-corrected chi connectivity index (χ3v) is 6.12. The lowest BCUT2D eigenvalue weighted by Crippen LogP contribution is -2.50. The maximum Gasteiger partial charge on any atom is 0.230 e. The Morgan fingerprint density at radius 2 is 1.88 bits per heavy atom. The van der Waals surface area contributed by atoms with E-state index >= 15 is 0 Å². The predicted octanol–water partition coefficient (Wildman–Crippen LogP) is 1.95. The Hall–Kier alpha value is -1.95. The number of likely N-dealkylation sites (tertiary alicyclic amines) is 1. The molecule has 142 valence electrons. The van der Waals surface area contributed by atoms with Gasteiger partial charge in [-0.3, -0.25) is 9.59 Å². The molecule has 1 saturated carbocycles. The lowest BCUT2D eigenvalue weighted by molar-refractivity contribution is -0.126. The van der Waals surface area contributed by atoms with Crippen LogP contribution < -0.4 is 11.1 Å². The second kappa shape index (κ2) is 8.16. The Morgan fingerprint density at radius 1 is 1.27 bits per heavy atom. The van der Waals surface area contributed by atoms with Gasteiger partial charge in [-0.2, -0.15) is 0 Å². The van der Waals surface area contributed by atoms with Crippen molar-refractivity contribution in [3.05, 3.63) is 35.6 Å². The zero-order valence-corrected chi connectivity index (χ0v) is 15.1. The molecule has 1 aliphatic carbocycles. The number of hydrogen-bond donors (Lipinski definition) is 2. The number of nitrogens with one attached hydrogen (secondary N) is 1. The number of carbonyl (C=O) groups excluding carboxylic acids is 2. The molecule has 3 N–H and O–H groups in total. The van der Waals surface area contributed by atoms with E-state index in [9.17, 15) is 14.0 Å². The molecule has 2 aliphatic rings. The van der Waals surface area contributed by atoms with Crippen LogP contribution in [0.15, 0.2) is 24.3 Å². The van der Waals surface area contributed by atoms with E-state index in [0.29, 0.717) is 12.5 Å². The second-order valence-corrected chi connectivity index (χ2v) is 7.65. The highest BCUT2D eigenvalue weighted by Gasteiger charge is 2.42. The monoisotopic (exact) mass is 361 g/mol. The van der Waals surface area contributed by atoms with Crippen molar-refractivity contribution in [1.82, 2.24) is 10.2 Å². The number of benzene rings is 1. The van der Waals surface area contributed by atoms with Crippen LogP contribution >= 0.6 is 0 Å². The van der Waals surface area contributed by atoms with Gasteiger partial charge in [0.05, 0.1) is 5.41 Å². The summed E-state index contributed by atoms with van der Waals surface area (Å²) in [6.45, 7) is 1.90. The van der Waals surface area contributed by atoms with Crippen LogP contribution in [0.1, 0.15) is 44.1 Å². The standard InChI is InChI=1S/C20H28FN3O2/c21-17-5-3-16(4-6-17)20(9-1-2-10-20)19(26)23-13-18(22)15-7-11-24(14-25)12-8-15/h3-6,14-15,18H,1-2,7-13,22H2,(H,23,26). The number of carbonyl (C=O) groups is 2. The molecule has 2 fully saturated rings. The first-order valence-corrected chi connectivity index (χ1v) is 9.54. The summed E-state index contributed by atoms with van der Waals surface area (Å²) in [5, 5.41) is 3.06. The van der Waals surface area contributed by atoms with Crippen molar-refractivity contribution >= 4 is 12.3 Å². The lowest BCUT2D eigenvalue weighted by Gasteiger charge is -2.34. The molecule has 2 amide bonds. The molecule has 1 aromatic rings. The number of piperidine rings is 1. The first-order valence-electron chi connectivity index (χ1n) is 9.54. The predicted molar refractivity (Wildman–Crippen MR) is 97.9 cm³/mol. The van der Waals surface area contributed by atoms with Crippen LogP contribution in [0.5, 0.6) is 0 Å². The van der Waals surface area contributed by atoms with Gasteiger partial charge < -0.3 is 16.0 Å². The van der Waals surface area contributed by atoms with Gasteiger partial charge in [-0.25, -0.2) is 4.39 Å². The molecule has 0 aromatic heterocycles. The Bertz CT molecular complexity index is 620. The van der Waals surface area contributed by atoms with E-state index in [2.05, 4.69) is 5.32 Å². The van der Waals surface area contributed by atoms with Gasteiger partial charge in [0, 0.05) is 25.7 Å². The molecule has 6 heteroatoms. The van der Waals surface area contributed by atoms with Crippen LogP contribution in [0.4, 0.5) is 4.39 Å². The number of nitrogens with zero attached hydrogens (tertiary/aromatic N) is 1. The van der Waals surface area contributed by atoms with E-state index in [1.54, 1.807) is 17.0 Å². The minimum absolute atomic E-state index is 0.00221. The number of hydrogen-bond acceptors (Lipinski definition) is 3. The topological polar surface area (TPSA) is 75.4 Å². The summed E-state index contributed by atoms with van der Waals surface area (Å²) in [6.07, 6.45) is 6.21. The van der Waals surface area contributed by atoms with Gasteiger partial charge in [0.1, 0.15) is 5.82 Å². The van der Waals surface area contributed by atoms with Crippen LogP contribution in [0.3, 0.4) is 0 Å². The average molecular weight is 361 g/mol. The summed E-state index contributed by atoms with van der Waals surface area (Å²) in [4.78, 5) is 25.6. The minimum atomic E-state index is -0.561. The average Bonchev–Trinajstić information content (AvgIpc) is 3.17. The molecule has 1 aliphatic heterocycles. The fourth-order valence-corrected chi connectivity index (χ4v) is 4.39.